The molecule has 2 N–H and O–H groups in total. The second-order valence-corrected chi connectivity index (χ2v) is 8.76. The van der Waals surface area contributed by atoms with E-state index >= 15 is 0 Å². The van der Waals surface area contributed by atoms with Crippen LogP contribution in [0.2, 0.25) is 10.0 Å². The fraction of sp³-hybridized carbons (Fsp3) is 0.455. The van der Waals surface area contributed by atoms with Gasteiger partial charge in [-0.1, -0.05) is 59.6 Å². The summed E-state index contributed by atoms with van der Waals surface area (Å²) in [5.74, 6) is 0. The van der Waals surface area contributed by atoms with Crippen LogP contribution in [0, 0.1) is 0 Å². The minimum Gasteiger partial charge on any atom is -0.307 e. The van der Waals surface area contributed by atoms with E-state index in [-0.39, 0.29) is 35.9 Å². The van der Waals surface area contributed by atoms with Crippen LogP contribution in [0.15, 0.2) is 48.5 Å². The predicted octanol–water partition coefficient (Wildman–Crippen LogP) is 6.56. The van der Waals surface area contributed by atoms with Crippen molar-refractivity contribution < 1.29 is 0 Å². The Morgan fingerprint density at radius 1 is 0.607 bits per heavy atom. The highest BCUT2D eigenvalue weighted by Gasteiger charge is 2.48. The maximum Gasteiger partial charge on any atom is 0.0450 e. The Morgan fingerprint density at radius 3 is 1.25 bits per heavy atom. The van der Waals surface area contributed by atoms with Crippen LogP contribution >= 0.6 is 48.0 Å². The summed E-state index contributed by atoms with van der Waals surface area (Å²) in [6.45, 7) is 1.72. The molecule has 0 amide bonds. The molecule has 2 nitrogen and oxygen atoms in total. The van der Waals surface area contributed by atoms with E-state index in [2.05, 4.69) is 34.9 Å². The molecule has 0 heterocycles. The van der Waals surface area contributed by atoms with Crippen molar-refractivity contribution in [1.29, 1.82) is 0 Å². The summed E-state index contributed by atoms with van der Waals surface area (Å²) >= 11 is 12.6. The highest BCUT2D eigenvalue weighted by molar-refractivity contribution is 6.31. The first-order valence-electron chi connectivity index (χ1n) is 9.57. The van der Waals surface area contributed by atoms with Crippen molar-refractivity contribution in [3.05, 3.63) is 69.7 Å². The van der Waals surface area contributed by atoms with E-state index in [4.69, 9.17) is 23.2 Å². The Kier molecular flexibility index (Phi) is 8.51. The molecule has 3 fully saturated rings. The van der Waals surface area contributed by atoms with Crippen molar-refractivity contribution in [2.24, 2.45) is 0 Å². The maximum atomic E-state index is 6.31. The zero-order chi connectivity index (χ0) is 18.0. The highest BCUT2D eigenvalue weighted by Crippen LogP contribution is 2.47. The Morgan fingerprint density at radius 2 is 0.929 bits per heavy atom. The molecule has 6 heteroatoms. The zero-order valence-corrected chi connectivity index (χ0v) is 19.0. The quantitative estimate of drug-likeness (QED) is 0.508. The van der Waals surface area contributed by atoms with Crippen LogP contribution in [0.25, 0.3) is 0 Å². The molecule has 5 rings (SSSR count). The largest absolute Gasteiger partial charge is 0.307 e. The van der Waals surface area contributed by atoms with Gasteiger partial charge in [0.2, 0.25) is 0 Å². The second kappa shape index (κ2) is 10.0. The molecule has 2 aromatic carbocycles. The monoisotopic (exact) mass is 460 g/mol. The first-order chi connectivity index (χ1) is 12.6. The number of nitrogens with one attached hydrogen (secondary N) is 2. The summed E-state index contributed by atoms with van der Waals surface area (Å²) in [6.07, 6.45) is 7.37. The van der Waals surface area contributed by atoms with Crippen molar-refractivity contribution in [2.75, 3.05) is 0 Å². The third-order valence-electron chi connectivity index (χ3n) is 6.47. The molecule has 154 valence electrons. The van der Waals surface area contributed by atoms with E-state index in [0.717, 1.165) is 23.1 Å². The molecule has 0 spiro atoms. The molecule has 2 bridgehead atoms. The van der Waals surface area contributed by atoms with Gasteiger partial charge in [0, 0.05) is 34.2 Å². The van der Waals surface area contributed by atoms with E-state index in [1.54, 1.807) is 0 Å². The van der Waals surface area contributed by atoms with Gasteiger partial charge in [0.1, 0.15) is 0 Å². The van der Waals surface area contributed by atoms with Gasteiger partial charge in [-0.15, -0.1) is 24.8 Å². The van der Waals surface area contributed by atoms with Gasteiger partial charge >= 0.3 is 0 Å². The summed E-state index contributed by atoms with van der Waals surface area (Å²) in [5, 5.41) is 9.41. The number of fused-ring (bicyclic) bond motifs is 3. The number of rotatable bonds is 6. The zero-order valence-electron chi connectivity index (χ0n) is 15.8. The average molecular weight is 462 g/mol. The topological polar surface area (TPSA) is 24.1 Å². The number of benzene rings is 2. The van der Waals surface area contributed by atoms with Gasteiger partial charge < -0.3 is 10.6 Å². The van der Waals surface area contributed by atoms with Gasteiger partial charge in [0.15, 0.2) is 0 Å². The van der Waals surface area contributed by atoms with Gasteiger partial charge in [0.05, 0.1) is 0 Å². The fourth-order valence-electron chi connectivity index (χ4n) is 4.56. The van der Waals surface area contributed by atoms with E-state index in [9.17, 15) is 0 Å². The maximum absolute atomic E-state index is 6.31. The molecule has 0 unspecified atom stereocenters. The molecule has 3 aliphatic carbocycles. The van der Waals surface area contributed by atoms with Gasteiger partial charge in [0.25, 0.3) is 0 Å². The molecule has 3 aliphatic rings. The van der Waals surface area contributed by atoms with Gasteiger partial charge in [-0.3, -0.25) is 0 Å². The van der Waals surface area contributed by atoms with Crippen LogP contribution in [0.3, 0.4) is 0 Å². The Bertz CT molecular complexity index is 691. The van der Waals surface area contributed by atoms with Crippen molar-refractivity contribution in [2.45, 2.75) is 62.7 Å². The highest BCUT2D eigenvalue weighted by atomic mass is 35.5. The van der Waals surface area contributed by atoms with Crippen LogP contribution < -0.4 is 10.6 Å². The third kappa shape index (κ3) is 5.16. The molecular formula is C22H28Cl4N2. The lowest BCUT2D eigenvalue weighted by molar-refractivity contribution is 0.0549. The lowest BCUT2D eigenvalue weighted by Gasteiger charge is -2.54. The summed E-state index contributed by atoms with van der Waals surface area (Å²) in [5.41, 5.74) is 2.96. The van der Waals surface area contributed by atoms with E-state index in [1.165, 1.54) is 49.7 Å². The van der Waals surface area contributed by atoms with Crippen LogP contribution in [0.1, 0.15) is 49.7 Å². The number of hydrogen-bond donors (Lipinski definition) is 2. The fourth-order valence-corrected chi connectivity index (χ4v) is 4.97. The standard InChI is InChI=1S/C22H26Cl2N2.2ClH/c23-19-7-3-1-5-17(19)15-25-21-9-12-22(13-10-21,14-11-21)26-16-18-6-2-4-8-20(18)24;;/h1-8,25-26H,9-16H2;2*1H. The smallest absolute Gasteiger partial charge is 0.0450 e. The minimum atomic E-state index is 0. The number of hydrogen-bond acceptors (Lipinski definition) is 2. The molecular weight excluding hydrogens is 434 g/mol. The minimum absolute atomic E-state index is 0. The second-order valence-electron chi connectivity index (χ2n) is 7.95. The summed E-state index contributed by atoms with van der Waals surface area (Å²) < 4.78 is 0. The molecule has 28 heavy (non-hydrogen) atoms. The predicted molar refractivity (Wildman–Crippen MR) is 124 cm³/mol. The number of halogens is 4. The van der Waals surface area contributed by atoms with Crippen molar-refractivity contribution in [3.8, 4) is 0 Å². The SMILES string of the molecule is Cl.Cl.Clc1ccccc1CNC12CCC(NCc3ccccc3Cl)(CC1)CC2. The van der Waals surface area contributed by atoms with Crippen LogP contribution in [0.4, 0.5) is 0 Å². The summed E-state index contributed by atoms with van der Waals surface area (Å²) in [6, 6.07) is 16.3. The van der Waals surface area contributed by atoms with Crippen LogP contribution in [-0.4, -0.2) is 11.1 Å². The molecule has 0 saturated heterocycles. The van der Waals surface area contributed by atoms with Crippen molar-refractivity contribution >= 4 is 48.0 Å². The first-order valence-corrected chi connectivity index (χ1v) is 10.3. The normalized spacial score (nSPS) is 25.6. The summed E-state index contributed by atoms with van der Waals surface area (Å²) in [4.78, 5) is 0. The van der Waals surface area contributed by atoms with E-state index in [0.29, 0.717) is 0 Å². The first kappa shape index (κ1) is 23.8. The van der Waals surface area contributed by atoms with Crippen molar-refractivity contribution in [1.82, 2.24) is 10.6 Å². The third-order valence-corrected chi connectivity index (χ3v) is 7.21. The average Bonchev–Trinajstić information content (AvgIpc) is 2.68. The Labute approximate surface area is 190 Å². The van der Waals surface area contributed by atoms with Gasteiger partial charge in [-0.05, 0) is 61.8 Å². The van der Waals surface area contributed by atoms with Crippen molar-refractivity contribution in [3.63, 3.8) is 0 Å². The molecule has 0 aromatic heterocycles. The van der Waals surface area contributed by atoms with Gasteiger partial charge in [-0.2, -0.15) is 0 Å². The molecule has 2 aromatic rings. The van der Waals surface area contributed by atoms with E-state index < -0.39 is 0 Å². The Hall–Kier alpha value is -0.480. The van der Waals surface area contributed by atoms with Gasteiger partial charge in [-0.25, -0.2) is 0 Å². The lowest BCUT2D eigenvalue weighted by Crippen LogP contribution is -2.61. The molecule has 3 saturated carbocycles. The van der Waals surface area contributed by atoms with Crippen LogP contribution in [0.5, 0.6) is 0 Å². The Balaban J connectivity index is 0.00000140. The van der Waals surface area contributed by atoms with Crippen LogP contribution in [-0.2, 0) is 13.1 Å². The lowest BCUT2D eigenvalue weighted by atomic mass is 9.61. The van der Waals surface area contributed by atoms with E-state index in [1.807, 2.05) is 24.3 Å². The molecule has 0 atom stereocenters. The molecule has 0 radical (unpaired) electrons. The summed E-state index contributed by atoms with van der Waals surface area (Å²) in [7, 11) is 0. The molecule has 0 aliphatic heterocycles.